The molecule has 0 aliphatic rings. The molecule has 102 valence electrons. The van der Waals surface area contributed by atoms with E-state index < -0.39 is 0 Å². The molecule has 0 unspecified atom stereocenters. The Morgan fingerprint density at radius 2 is 2.30 bits per heavy atom. The second-order valence-corrected chi connectivity index (χ2v) is 4.66. The number of hydrogen-bond donors (Lipinski definition) is 3. The van der Waals surface area contributed by atoms with Gasteiger partial charge in [0, 0.05) is 23.5 Å². The molecule has 3 aromatic heterocycles. The van der Waals surface area contributed by atoms with Gasteiger partial charge in [0.2, 0.25) is 17.8 Å². The summed E-state index contributed by atoms with van der Waals surface area (Å²) in [6.45, 7) is 0.394. The smallest absolute Gasteiger partial charge is 0.304 e. The van der Waals surface area contributed by atoms with Crippen molar-refractivity contribution in [2.75, 3.05) is 11.1 Å². The number of anilines is 2. The highest BCUT2D eigenvalue weighted by molar-refractivity contribution is 7.07. The van der Waals surface area contributed by atoms with Crippen molar-refractivity contribution < 1.29 is 0 Å². The lowest BCUT2D eigenvalue weighted by molar-refractivity contribution is 0.892. The van der Waals surface area contributed by atoms with Gasteiger partial charge in [-0.3, -0.25) is 9.36 Å². The summed E-state index contributed by atoms with van der Waals surface area (Å²) in [6, 6.07) is 0. The number of hydrogen-bond acceptors (Lipinski definition) is 8. The summed E-state index contributed by atoms with van der Waals surface area (Å²) in [6.07, 6.45) is 4.88. The van der Waals surface area contributed by atoms with Crippen LogP contribution in [-0.4, -0.2) is 29.5 Å². The van der Waals surface area contributed by atoms with E-state index in [1.165, 1.54) is 0 Å². The molecule has 0 saturated carbocycles. The number of imidazole rings is 1. The first-order chi connectivity index (χ1) is 9.70. The molecule has 3 aromatic rings. The van der Waals surface area contributed by atoms with Crippen molar-refractivity contribution in [1.82, 2.24) is 29.5 Å². The number of nitrogens with zero attached hydrogens (tertiary/aromatic N) is 5. The molecule has 0 aliphatic heterocycles. The maximum absolute atomic E-state index is 11.0. The summed E-state index contributed by atoms with van der Waals surface area (Å²) in [5, 5.41) is 4.71. The Labute approximate surface area is 116 Å². The van der Waals surface area contributed by atoms with E-state index in [4.69, 9.17) is 5.73 Å². The van der Waals surface area contributed by atoms with Crippen LogP contribution in [0.2, 0.25) is 0 Å². The molecule has 0 aliphatic carbocycles. The number of nitrogen functional groups attached to an aromatic ring is 1. The Kier molecular flexibility index (Phi) is 3.13. The van der Waals surface area contributed by atoms with Crippen molar-refractivity contribution in [3.8, 4) is 5.95 Å². The van der Waals surface area contributed by atoms with Crippen LogP contribution in [0.15, 0.2) is 28.9 Å². The van der Waals surface area contributed by atoms with Gasteiger partial charge in [-0.2, -0.15) is 15.0 Å². The SMILES string of the molecule is Nc1nc(NCc2csc(=O)[nH]2)nc(-n2ccnc2)n1. The number of rotatable bonds is 4. The molecule has 20 heavy (non-hydrogen) atoms. The lowest BCUT2D eigenvalue weighted by atomic mass is 10.5. The van der Waals surface area contributed by atoms with Gasteiger partial charge in [-0.25, -0.2) is 4.98 Å². The van der Waals surface area contributed by atoms with Crippen LogP contribution in [0, 0.1) is 0 Å². The van der Waals surface area contributed by atoms with Gasteiger partial charge in [-0.1, -0.05) is 11.3 Å². The predicted molar refractivity (Wildman–Crippen MR) is 73.6 cm³/mol. The molecule has 0 bridgehead atoms. The third-order valence-corrected chi connectivity index (χ3v) is 3.10. The van der Waals surface area contributed by atoms with Gasteiger partial charge in [0.15, 0.2) is 0 Å². The van der Waals surface area contributed by atoms with E-state index in [0.717, 1.165) is 17.0 Å². The predicted octanol–water partition coefficient (Wildman–Crippen LogP) is 0.00140. The number of H-pyrrole nitrogens is 1. The van der Waals surface area contributed by atoms with Gasteiger partial charge in [0.05, 0.1) is 6.54 Å². The number of aromatic amines is 1. The summed E-state index contributed by atoms with van der Waals surface area (Å²) in [7, 11) is 0. The quantitative estimate of drug-likeness (QED) is 0.617. The van der Waals surface area contributed by atoms with E-state index in [9.17, 15) is 4.79 Å². The summed E-state index contributed by atoms with van der Waals surface area (Å²) in [5.41, 5.74) is 6.40. The minimum absolute atomic E-state index is 0.101. The number of thiazole rings is 1. The van der Waals surface area contributed by atoms with Crippen LogP contribution in [0.1, 0.15) is 5.69 Å². The second-order valence-electron chi connectivity index (χ2n) is 3.81. The van der Waals surface area contributed by atoms with Gasteiger partial charge in [0.1, 0.15) is 6.33 Å². The first-order valence-corrected chi connectivity index (χ1v) is 6.49. The third kappa shape index (κ3) is 2.64. The fourth-order valence-electron chi connectivity index (χ4n) is 1.53. The summed E-state index contributed by atoms with van der Waals surface area (Å²) >= 11 is 1.10. The summed E-state index contributed by atoms with van der Waals surface area (Å²) in [5.74, 6) is 0.801. The molecule has 9 nitrogen and oxygen atoms in total. The third-order valence-electron chi connectivity index (χ3n) is 2.38. The van der Waals surface area contributed by atoms with Crippen LogP contribution in [0.5, 0.6) is 0 Å². The minimum Gasteiger partial charge on any atom is -0.368 e. The lowest BCUT2D eigenvalue weighted by Gasteiger charge is -2.06. The van der Waals surface area contributed by atoms with Crippen molar-refractivity contribution in [3.05, 3.63) is 39.5 Å². The topological polar surface area (TPSA) is 127 Å². The van der Waals surface area contributed by atoms with Crippen LogP contribution >= 0.6 is 11.3 Å². The highest BCUT2D eigenvalue weighted by Gasteiger charge is 2.06. The molecule has 4 N–H and O–H groups in total. The Hall–Kier alpha value is -2.75. The number of nitrogens with one attached hydrogen (secondary N) is 2. The fraction of sp³-hybridized carbons (Fsp3) is 0.100. The standard InChI is InChI=1S/C10H10N8OS/c11-7-15-8(13-3-6-4-20-10(19)14-6)17-9(16-7)18-2-1-12-5-18/h1-2,4-5H,3H2,(H,14,19)(H3,11,13,15,16,17). The first-order valence-electron chi connectivity index (χ1n) is 5.61. The molecular weight excluding hydrogens is 280 g/mol. The normalized spacial score (nSPS) is 10.6. The van der Waals surface area contributed by atoms with E-state index in [0.29, 0.717) is 18.4 Å². The van der Waals surface area contributed by atoms with Gasteiger partial charge in [-0.15, -0.1) is 0 Å². The van der Waals surface area contributed by atoms with Crippen LogP contribution in [0.4, 0.5) is 11.9 Å². The van der Waals surface area contributed by atoms with Crippen molar-refractivity contribution in [2.24, 2.45) is 0 Å². The fourth-order valence-corrected chi connectivity index (χ4v) is 2.11. The van der Waals surface area contributed by atoms with Crippen LogP contribution in [-0.2, 0) is 6.54 Å². The highest BCUT2D eigenvalue weighted by atomic mass is 32.1. The second kappa shape index (κ2) is 5.09. The van der Waals surface area contributed by atoms with E-state index in [1.807, 2.05) is 0 Å². The monoisotopic (exact) mass is 290 g/mol. The molecule has 10 heteroatoms. The molecule has 0 aromatic carbocycles. The highest BCUT2D eigenvalue weighted by Crippen LogP contribution is 2.08. The molecule has 0 amide bonds. The van der Waals surface area contributed by atoms with E-state index >= 15 is 0 Å². The first kappa shape index (κ1) is 12.3. The Bertz CT molecular complexity index is 762. The largest absolute Gasteiger partial charge is 0.368 e. The van der Waals surface area contributed by atoms with Crippen molar-refractivity contribution in [3.63, 3.8) is 0 Å². The van der Waals surface area contributed by atoms with Crippen LogP contribution in [0.25, 0.3) is 5.95 Å². The average molecular weight is 290 g/mol. The van der Waals surface area contributed by atoms with Gasteiger partial charge in [-0.05, 0) is 0 Å². The van der Waals surface area contributed by atoms with Crippen LogP contribution < -0.4 is 15.9 Å². The summed E-state index contributed by atoms with van der Waals surface area (Å²) in [4.78, 5) is 29.8. The zero-order valence-electron chi connectivity index (χ0n) is 10.1. The van der Waals surface area contributed by atoms with Crippen molar-refractivity contribution in [1.29, 1.82) is 0 Å². The maximum atomic E-state index is 11.0. The number of aromatic nitrogens is 6. The van der Waals surface area contributed by atoms with Crippen molar-refractivity contribution in [2.45, 2.75) is 6.54 Å². The lowest BCUT2D eigenvalue weighted by Crippen LogP contribution is -2.11. The van der Waals surface area contributed by atoms with Gasteiger partial charge < -0.3 is 16.0 Å². The zero-order valence-corrected chi connectivity index (χ0v) is 11.0. The summed E-state index contributed by atoms with van der Waals surface area (Å²) < 4.78 is 1.62. The number of nitrogens with two attached hydrogens (primary N) is 1. The molecule has 3 rings (SSSR count). The van der Waals surface area contributed by atoms with E-state index in [-0.39, 0.29) is 10.8 Å². The van der Waals surface area contributed by atoms with Crippen molar-refractivity contribution >= 4 is 23.2 Å². The molecular formula is C10H10N8OS. The molecule has 3 heterocycles. The van der Waals surface area contributed by atoms with E-state index in [1.54, 1.807) is 28.7 Å². The minimum atomic E-state index is -0.101. The Morgan fingerprint density at radius 1 is 1.40 bits per heavy atom. The Morgan fingerprint density at radius 3 is 3.00 bits per heavy atom. The zero-order chi connectivity index (χ0) is 13.9. The molecule has 0 spiro atoms. The molecule has 0 fully saturated rings. The Balaban J connectivity index is 1.81. The average Bonchev–Trinajstić information content (AvgIpc) is 3.07. The van der Waals surface area contributed by atoms with Gasteiger partial charge in [0.25, 0.3) is 0 Å². The van der Waals surface area contributed by atoms with Crippen LogP contribution in [0.3, 0.4) is 0 Å². The molecule has 0 atom stereocenters. The molecule has 0 radical (unpaired) electrons. The van der Waals surface area contributed by atoms with E-state index in [2.05, 4.69) is 30.2 Å². The van der Waals surface area contributed by atoms with Gasteiger partial charge >= 0.3 is 4.87 Å². The maximum Gasteiger partial charge on any atom is 0.304 e. The molecule has 0 saturated heterocycles.